The Kier molecular flexibility index (Phi) is 5.82. The second kappa shape index (κ2) is 7.32. The number of likely N-dealkylation sites (tertiary alicyclic amines) is 2. The SMILES string of the molecule is CC(C)CCN1CC2(CCCN(C(=O)NC(C)(C)C)C2)CCC1=O. The van der Waals surface area contributed by atoms with Crippen molar-refractivity contribution in [3.8, 4) is 0 Å². The molecule has 0 bridgehead atoms. The summed E-state index contributed by atoms with van der Waals surface area (Å²) in [5.41, 5.74) is -0.119. The molecule has 2 heterocycles. The molecule has 2 aliphatic rings. The fraction of sp³-hybridized carbons (Fsp3) is 0.895. The third-order valence-electron chi connectivity index (χ3n) is 5.16. The smallest absolute Gasteiger partial charge is 0.317 e. The Hall–Kier alpha value is -1.26. The number of nitrogens with zero attached hydrogens (tertiary/aromatic N) is 2. The van der Waals surface area contributed by atoms with Gasteiger partial charge in [0.2, 0.25) is 5.91 Å². The van der Waals surface area contributed by atoms with Gasteiger partial charge in [-0.3, -0.25) is 4.79 Å². The van der Waals surface area contributed by atoms with Crippen molar-refractivity contribution in [2.45, 2.75) is 72.3 Å². The lowest BCUT2D eigenvalue weighted by molar-refractivity contribution is -0.139. The molecule has 2 aliphatic heterocycles. The number of piperidine rings is 2. The molecule has 0 aromatic rings. The molecule has 0 aromatic carbocycles. The lowest BCUT2D eigenvalue weighted by Gasteiger charge is -2.48. The Morgan fingerprint density at radius 3 is 2.58 bits per heavy atom. The summed E-state index contributed by atoms with van der Waals surface area (Å²) in [6.07, 6.45) is 4.76. The molecule has 5 heteroatoms. The number of amides is 3. The van der Waals surface area contributed by atoms with Crippen molar-refractivity contribution in [3.63, 3.8) is 0 Å². The van der Waals surface area contributed by atoms with E-state index >= 15 is 0 Å². The summed E-state index contributed by atoms with van der Waals surface area (Å²) >= 11 is 0. The van der Waals surface area contributed by atoms with E-state index in [1.54, 1.807) is 0 Å². The third-order valence-corrected chi connectivity index (χ3v) is 5.16. The van der Waals surface area contributed by atoms with Crippen molar-refractivity contribution < 1.29 is 9.59 Å². The molecule has 0 radical (unpaired) electrons. The van der Waals surface area contributed by atoms with Gasteiger partial charge in [-0.25, -0.2) is 4.79 Å². The summed E-state index contributed by atoms with van der Waals surface area (Å²) in [5.74, 6) is 0.897. The number of hydrogen-bond acceptors (Lipinski definition) is 2. The van der Waals surface area contributed by atoms with Gasteiger partial charge in [0, 0.05) is 43.6 Å². The van der Waals surface area contributed by atoms with E-state index in [2.05, 4.69) is 24.1 Å². The zero-order valence-corrected chi connectivity index (χ0v) is 16.2. The van der Waals surface area contributed by atoms with Crippen LogP contribution in [0.1, 0.15) is 66.7 Å². The molecule has 2 fully saturated rings. The molecule has 2 saturated heterocycles. The molecule has 138 valence electrons. The minimum absolute atomic E-state index is 0.0344. The van der Waals surface area contributed by atoms with Crippen LogP contribution in [0.5, 0.6) is 0 Å². The molecule has 24 heavy (non-hydrogen) atoms. The second-order valence-corrected chi connectivity index (χ2v) is 9.20. The molecule has 3 amide bonds. The molecule has 1 atom stereocenters. The van der Waals surface area contributed by atoms with Gasteiger partial charge < -0.3 is 15.1 Å². The molecule has 1 N–H and O–H groups in total. The molecular formula is C19H35N3O2. The predicted octanol–water partition coefficient (Wildman–Crippen LogP) is 3.25. The quantitative estimate of drug-likeness (QED) is 0.859. The Morgan fingerprint density at radius 2 is 1.96 bits per heavy atom. The van der Waals surface area contributed by atoms with Crippen molar-refractivity contribution in [1.82, 2.24) is 15.1 Å². The monoisotopic (exact) mass is 337 g/mol. The normalized spacial score (nSPS) is 25.5. The van der Waals surface area contributed by atoms with Crippen LogP contribution in [0.3, 0.4) is 0 Å². The van der Waals surface area contributed by atoms with E-state index < -0.39 is 0 Å². The average molecular weight is 338 g/mol. The lowest BCUT2D eigenvalue weighted by atomic mass is 9.73. The standard InChI is InChI=1S/C19H35N3O2/c1-15(2)8-12-21-13-19(10-7-16(21)23)9-6-11-22(14-19)17(24)20-18(3,4)5/h15H,6-14H2,1-5H3,(H,20,24). The first-order valence-corrected chi connectivity index (χ1v) is 9.45. The van der Waals surface area contributed by atoms with Crippen molar-refractivity contribution in [2.24, 2.45) is 11.3 Å². The number of carbonyl (C=O) groups excluding carboxylic acids is 2. The van der Waals surface area contributed by atoms with Crippen LogP contribution < -0.4 is 5.32 Å². The first-order chi connectivity index (χ1) is 11.1. The third kappa shape index (κ3) is 5.12. The van der Waals surface area contributed by atoms with E-state index in [1.807, 2.05) is 25.7 Å². The Labute approximate surface area is 147 Å². The van der Waals surface area contributed by atoms with E-state index in [-0.39, 0.29) is 22.9 Å². The van der Waals surface area contributed by atoms with E-state index in [0.717, 1.165) is 51.9 Å². The van der Waals surface area contributed by atoms with E-state index in [1.165, 1.54) is 0 Å². The summed E-state index contributed by atoms with van der Waals surface area (Å²) < 4.78 is 0. The van der Waals surface area contributed by atoms with E-state index in [9.17, 15) is 9.59 Å². The molecule has 5 nitrogen and oxygen atoms in total. The number of hydrogen-bond donors (Lipinski definition) is 1. The first kappa shape index (κ1) is 19.1. The first-order valence-electron chi connectivity index (χ1n) is 9.45. The van der Waals surface area contributed by atoms with Crippen LogP contribution in [0.4, 0.5) is 4.79 Å². The highest BCUT2D eigenvalue weighted by Gasteiger charge is 2.42. The summed E-state index contributed by atoms with van der Waals surface area (Å²) in [6, 6.07) is 0.0344. The topological polar surface area (TPSA) is 52.6 Å². The minimum atomic E-state index is -0.215. The number of carbonyl (C=O) groups is 2. The van der Waals surface area contributed by atoms with Crippen molar-refractivity contribution in [3.05, 3.63) is 0 Å². The van der Waals surface area contributed by atoms with Gasteiger partial charge in [0.25, 0.3) is 0 Å². The fourth-order valence-electron chi connectivity index (χ4n) is 3.83. The largest absolute Gasteiger partial charge is 0.342 e. The van der Waals surface area contributed by atoms with Crippen LogP contribution in [0.2, 0.25) is 0 Å². The van der Waals surface area contributed by atoms with E-state index in [4.69, 9.17) is 0 Å². The van der Waals surface area contributed by atoms with Crippen LogP contribution in [0.15, 0.2) is 0 Å². The van der Waals surface area contributed by atoms with Gasteiger partial charge in [0.1, 0.15) is 0 Å². The van der Waals surface area contributed by atoms with Crippen LogP contribution in [-0.2, 0) is 4.79 Å². The maximum absolute atomic E-state index is 12.5. The lowest BCUT2D eigenvalue weighted by Crippen LogP contribution is -2.58. The molecule has 0 aromatic heterocycles. The molecule has 0 saturated carbocycles. The highest BCUT2D eigenvalue weighted by molar-refractivity contribution is 5.77. The van der Waals surface area contributed by atoms with Gasteiger partial charge in [-0.15, -0.1) is 0 Å². The zero-order chi connectivity index (χ0) is 18.0. The number of urea groups is 1. The summed E-state index contributed by atoms with van der Waals surface area (Å²) in [7, 11) is 0. The van der Waals surface area contributed by atoms with Crippen LogP contribution in [0, 0.1) is 11.3 Å². The second-order valence-electron chi connectivity index (χ2n) is 9.20. The van der Waals surface area contributed by atoms with Crippen LogP contribution in [-0.4, -0.2) is 53.5 Å². The van der Waals surface area contributed by atoms with Gasteiger partial charge in [-0.1, -0.05) is 13.8 Å². The molecule has 1 spiro atoms. The van der Waals surface area contributed by atoms with Crippen molar-refractivity contribution in [2.75, 3.05) is 26.2 Å². The molecule has 2 rings (SSSR count). The summed E-state index contributed by atoms with van der Waals surface area (Å²) in [4.78, 5) is 28.8. The zero-order valence-electron chi connectivity index (χ0n) is 16.2. The minimum Gasteiger partial charge on any atom is -0.342 e. The molecule has 1 unspecified atom stereocenters. The van der Waals surface area contributed by atoms with Gasteiger partial charge in [-0.05, 0) is 52.4 Å². The molecular weight excluding hydrogens is 302 g/mol. The Bertz CT molecular complexity index is 470. The Morgan fingerprint density at radius 1 is 1.25 bits per heavy atom. The van der Waals surface area contributed by atoms with Crippen molar-refractivity contribution in [1.29, 1.82) is 0 Å². The molecule has 0 aliphatic carbocycles. The highest BCUT2D eigenvalue weighted by Crippen LogP contribution is 2.39. The van der Waals surface area contributed by atoms with Gasteiger partial charge in [-0.2, -0.15) is 0 Å². The summed E-state index contributed by atoms with van der Waals surface area (Å²) in [6.45, 7) is 13.7. The van der Waals surface area contributed by atoms with E-state index in [0.29, 0.717) is 12.3 Å². The number of nitrogens with one attached hydrogen (secondary N) is 1. The maximum atomic E-state index is 12.5. The average Bonchev–Trinajstić information content (AvgIpc) is 2.47. The predicted molar refractivity (Wildman–Crippen MR) is 96.8 cm³/mol. The number of rotatable bonds is 3. The van der Waals surface area contributed by atoms with Crippen LogP contribution in [0.25, 0.3) is 0 Å². The fourth-order valence-corrected chi connectivity index (χ4v) is 3.83. The van der Waals surface area contributed by atoms with Crippen molar-refractivity contribution >= 4 is 11.9 Å². The maximum Gasteiger partial charge on any atom is 0.317 e. The summed E-state index contributed by atoms with van der Waals surface area (Å²) in [5, 5.41) is 3.08. The highest BCUT2D eigenvalue weighted by atomic mass is 16.2. The van der Waals surface area contributed by atoms with Gasteiger partial charge in [0.05, 0.1) is 0 Å². The Balaban J connectivity index is 2.00. The van der Waals surface area contributed by atoms with Crippen LogP contribution >= 0.6 is 0 Å². The van der Waals surface area contributed by atoms with Gasteiger partial charge in [0.15, 0.2) is 0 Å². The van der Waals surface area contributed by atoms with Gasteiger partial charge >= 0.3 is 6.03 Å².